The number of hydroxylamine groups is 2. The van der Waals surface area contributed by atoms with E-state index in [0.29, 0.717) is 64.9 Å². The van der Waals surface area contributed by atoms with Crippen molar-refractivity contribution >= 4 is 41.4 Å². The minimum atomic E-state index is -1.15. The van der Waals surface area contributed by atoms with Crippen molar-refractivity contribution in [2.75, 3.05) is 61.1 Å². The van der Waals surface area contributed by atoms with Gasteiger partial charge in [0.15, 0.2) is 0 Å². The zero-order valence-corrected chi connectivity index (χ0v) is 44.5. The van der Waals surface area contributed by atoms with Crippen molar-refractivity contribution in [2.45, 2.75) is 167 Å². The molecule has 396 valence electrons. The third kappa shape index (κ3) is 13.9. The molecule has 10 atom stereocenters. The summed E-state index contributed by atoms with van der Waals surface area (Å²) in [5, 5.41) is 7.70. The zero-order chi connectivity index (χ0) is 52.2. The van der Waals surface area contributed by atoms with Gasteiger partial charge in [0.25, 0.3) is 17.7 Å². The molecule has 2 N–H and O–H groups in total. The number of carbonyl (C=O) groups is 7. The number of ether oxygens (including phenoxy) is 2. The number of amides is 7. The lowest BCUT2D eigenvalue weighted by Gasteiger charge is -2.41. The van der Waals surface area contributed by atoms with Gasteiger partial charge in [-0.3, -0.25) is 48.2 Å². The Hall–Kier alpha value is -4.71. The number of unbranched alkanes of at least 4 members (excludes halogenated alkanes) is 3. The summed E-state index contributed by atoms with van der Waals surface area (Å²) < 4.78 is 12.2. The fourth-order valence-corrected chi connectivity index (χ4v) is 11.2. The first-order valence-electron chi connectivity index (χ1n) is 26.3. The van der Waals surface area contributed by atoms with E-state index in [4.69, 9.17) is 14.3 Å². The summed E-state index contributed by atoms with van der Waals surface area (Å²) in [5.41, 5.74) is -0.187. The molecule has 1 aromatic rings. The average Bonchev–Trinajstić information content (AvgIpc) is 3.70. The number of hydrogen-bond donors (Lipinski definition) is 2. The van der Waals surface area contributed by atoms with Crippen LogP contribution in [0.1, 0.15) is 131 Å². The molecule has 3 aliphatic heterocycles. The number of nitrogens with one attached hydrogen (secondary N) is 2. The van der Waals surface area contributed by atoms with Crippen LogP contribution in [0.2, 0.25) is 0 Å². The highest BCUT2D eigenvalue weighted by Crippen LogP contribution is 2.53. The van der Waals surface area contributed by atoms with Gasteiger partial charge in [-0.05, 0) is 81.9 Å². The number of nitrogens with zero attached hydrogens (tertiary/aromatic N) is 5. The predicted octanol–water partition coefficient (Wildman–Crippen LogP) is 5.09. The molecule has 4 aliphatic rings. The van der Waals surface area contributed by atoms with E-state index in [1.807, 2.05) is 83.8 Å². The summed E-state index contributed by atoms with van der Waals surface area (Å²) >= 11 is 0. The van der Waals surface area contributed by atoms with Gasteiger partial charge in [-0.25, -0.2) is 5.06 Å². The van der Waals surface area contributed by atoms with Gasteiger partial charge in [0.05, 0.1) is 49.3 Å². The number of methoxy groups -OCH3 is 2. The lowest BCUT2D eigenvalue weighted by atomic mass is 9.89. The van der Waals surface area contributed by atoms with E-state index < -0.39 is 47.8 Å². The topological polar surface area (TPSA) is 187 Å². The van der Waals surface area contributed by atoms with Crippen LogP contribution in [-0.2, 0) is 47.9 Å². The Morgan fingerprint density at radius 3 is 2.11 bits per heavy atom. The molecule has 2 saturated heterocycles. The molecule has 3 fully saturated rings. The number of carbonyl (C=O) groups excluding carboxylic acids is 7. The van der Waals surface area contributed by atoms with E-state index in [2.05, 4.69) is 10.6 Å². The number of rotatable bonds is 27. The molecular weight excluding hydrogens is 907 g/mol. The van der Waals surface area contributed by atoms with Gasteiger partial charge < -0.3 is 29.9 Å². The number of benzene rings is 1. The minimum absolute atomic E-state index is 0.0204. The Morgan fingerprint density at radius 2 is 1.52 bits per heavy atom. The van der Waals surface area contributed by atoms with Gasteiger partial charge in [-0.1, -0.05) is 98.1 Å². The molecule has 3 heterocycles. The SMILES string of the molecule is CC[C@H](C)[C@@H]([C@@H](CC(=O)N1CCC[C@H]1[C@H](OC)[C@@H](C)C(=O)N[C@@]1(C(=O)N2CCCCO2)C[C@@H]1c1ccccc1)OC)N(C)C(=O)[C@@H](NC(=O)[C@H](C(C)C)N(C)CCCCCCN1C(=O)C=CC1=O)C(C)C. The largest absolute Gasteiger partial charge is 0.379 e. The first kappa shape index (κ1) is 57.2. The van der Waals surface area contributed by atoms with Crippen LogP contribution in [0.15, 0.2) is 42.5 Å². The molecule has 17 heteroatoms. The summed E-state index contributed by atoms with van der Waals surface area (Å²) in [6, 6.07) is 7.46. The molecule has 17 nitrogen and oxygen atoms in total. The fourth-order valence-electron chi connectivity index (χ4n) is 11.2. The number of hydrogen-bond acceptors (Lipinski definition) is 11. The van der Waals surface area contributed by atoms with E-state index >= 15 is 0 Å². The fraction of sp³-hybridized carbons (Fsp3) is 0.722. The average molecular weight is 992 g/mol. The second-order valence-electron chi connectivity index (χ2n) is 21.1. The quantitative estimate of drug-likeness (QED) is 0.0884. The molecule has 7 amide bonds. The monoisotopic (exact) mass is 992 g/mol. The van der Waals surface area contributed by atoms with E-state index in [0.717, 1.165) is 37.7 Å². The third-order valence-corrected chi connectivity index (χ3v) is 15.5. The molecule has 71 heavy (non-hydrogen) atoms. The molecular formula is C54H85N7O10. The maximum atomic E-state index is 14.7. The van der Waals surface area contributed by atoms with E-state index in [1.54, 1.807) is 38.0 Å². The van der Waals surface area contributed by atoms with Crippen molar-refractivity contribution in [1.29, 1.82) is 0 Å². The normalized spacial score (nSPS) is 23.2. The van der Waals surface area contributed by atoms with E-state index in [1.165, 1.54) is 22.1 Å². The van der Waals surface area contributed by atoms with Crippen molar-refractivity contribution in [1.82, 2.24) is 35.3 Å². The van der Waals surface area contributed by atoms with Gasteiger partial charge in [-0.15, -0.1) is 0 Å². The molecule has 0 bridgehead atoms. The number of likely N-dealkylation sites (N-methyl/N-ethyl adjacent to an activating group) is 2. The summed E-state index contributed by atoms with van der Waals surface area (Å²) in [4.78, 5) is 108. The molecule has 0 spiro atoms. The lowest BCUT2D eigenvalue weighted by molar-refractivity contribution is -0.200. The van der Waals surface area contributed by atoms with E-state index in [9.17, 15) is 33.6 Å². The predicted molar refractivity (Wildman–Crippen MR) is 270 cm³/mol. The zero-order valence-electron chi connectivity index (χ0n) is 44.5. The maximum absolute atomic E-state index is 14.7. The summed E-state index contributed by atoms with van der Waals surface area (Å²) in [6.07, 6.45) is 8.63. The Kier molecular flexibility index (Phi) is 21.2. The molecule has 1 aliphatic carbocycles. The second kappa shape index (κ2) is 26.3. The first-order valence-corrected chi connectivity index (χ1v) is 26.3. The van der Waals surface area contributed by atoms with E-state index in [-0.39, 0.29) is 71.4 Å². The van der Waals surface area contributed by atoms with Crippen molar-refractivity contribution in [3.8, 4) is 0 Å². The third-order valence-electron chi connectivity index (χ3n) is 15.5. The highest BCUT2D eigenvalue weighted by atomic mass is 16.7. The van der Waals surface area contributed by atoms with Crippen LogP contribution >= 0.6 is 0 Å². The Labute approximate surface area is 423 Å². The Morgan fingerprint density at radius 1 is 0.845 bits per heavy atom. The van der Waals surface area contributed by atoms with Crippen LogP contribution < -0.4 is 10.6 Å². The molecule has 1 saturated carbocycles. The molecule has 0 unspecified atom stereocenters. The summed E-state index contributed by atoms with van der Waals surface area (Å²) in [7, 11) is 6.76. The number of imide groups is 1. The second-order valence-corrected chi connectivity index (χ2v) is 21.1. The van der Waals surface area contributed by atoms with Crippen LogP contribution in [0, 0.1) is 23.7 Å². The van der Waals surface area contributed by atoms with Crippen molar-refractivity contribution in [3.05, 3.63) is 48.0 Å². The van der Waals surface area contributed by atoms with Gasteiger partial charge in [0.2, 0.25) is 23.6 Å². The standard InChI is InChI=1S/C54H85N7O10/c1-12-37(6)48(58(9)52(67)46(35(2)3)55-51(66)47(36(4)5)57(8)28-18-13-14-19-29-60-43(62)26-27-44(60)63)42(69-10)33-45(64)59-30-22-25-41(59)49(70-11)38(7)50(65)56-54(53(68)61-31-20-21-32-71-61)34-40(54)39-23-16-15-17-24-39/h15-17,23-24,26-27,35-38,40-42,46-49H,12-14,18-22,25,28-34H2,1-11H3,(H,55,66)(H,56,65)/t37-,38+,40+,41-,42+,46-,47-,48-,49+,54-/m0/s1. The van der Waals surface area contributed by atoms with Crippen LogP contribution in [0.4, 0.5) is 0 Å². The van der Waals surface area contributed by atoms with Crippen molar-refractivity contribution < 1.29 is 47.9 Å². The van der Waals surface area contributed by atoms with Gasteiger partial charge >= 0.3 is 0 Å². The first-order chi connectivity index (χ1) is 33.8. The number of likely N-dealkylation sites (tertiary alicyclic amines) is 1. The highest BCUT2D eigenvalue weighted by Gasteiger charge is 2.64. The van der Waals surface area contributed by atoms with Crippen molar-refractivity contribution in [3.63, 3.8) is 0 Å². The van der Waals surface area contributed by atoms with Crippen LogP contribution in [0.25, 0.3) is 0 Å². The molecule has 0 aromatic heterocycles. The van der Waals surface area contributed by atoms with Gasteiger partial charge in [0.1, 0.15) is 11.6 Å². The van der Waals surface area contributed by atoms with Crippen LogP contribution in [0.3, 0.4) is 0 Å². The Bertz CT molecular complexity index is 1990. The van der Waals surface area contributed by atoms with Crippen LogP contribution in [-0.4, -0.2) is 169 Å². The maximum Gasteiger partial charge on any atom is 0.272 e. The molecule has 1 aromatic carbocycles. The lowest BCUT2D eigenvalue weighted by Crippen LogP contribution is -2.60. The highest BCUT2D eigenvalue weighted by molar-refractivity contribution is 6.12. The summed E-state index contributed by atoms with van der Waals surface area (Å²) in [5.74, 6) is -3.10. The Balaban J connectivity index is 1.23. The minimum Gasteiger partial charge on any atom is -0.379 e. The molecule has 5 rings (SSSR count). The summed E-state index contributed by atoms with van der Waals surface area (Å²) in [6.45, 7) is 16.1. The van der Waals surface area contributed by atoms with Gasteiger partial charge in [0, 0.05) is 59.0 Å². The van der Waals surface area contributed by atoms with Crippen molar-refractivity contribution in [2.24, 2.45) is 23.7 Å². The van der Waals surface area contributed by atoms with Gasteiger partial charge in [-0.2, -0.15) is 0 Å². The van der Waals surface area contributed by atoms with Crippen LogP contribution in [0.5, 0.6) is 0 Å². The smallest absolute Gasteiger partial charge is 0.272 e. The molecule has 0 radical (unpaired) electrons.